The molecule has 1 heterocycles. The van der Waals surface area contributed by atoms with Crippen LogP contribution in [0.1, 0.15) is 18.4 Å². The van der Waals surface area contributed by atoms with Gasteiger partial charge >= 0.3 is 0 Å². The molecule has 0 radical (unpaired) electrons. The molecule has 4 heteroatoms. The van der Waals surface area contributed by atoms with E-state index in [1.165, 1.54) is 0 Å². The third-order valence-corrected chi connectivity index (χ3v) is 2.75. The number of nitrogens with zero attached hydrogens (tertiary/aromatic N) is 1. The Kier molecular flexibility index (Phi) is 2.44. The first-order valence-corrected chi connectivity index (χ1v) is 4.92. The van der Waals surface area contributed by atoms with Crippen molar-refractivity contribution >= 4 is 22.6 Å². The van der Waals surface area contributed by atoms with Gasteiger partial charge in [-0.2, -0.15) is 0 Å². The molecule has 1 unspecified atom stereocenters. The number of fused-ring (bicyclic) bond motifs is 1. The molecule has 0 aliphatic heterocycles. The van der Waals surface area contributed by atoms with E-state index in [1.807, 2.05) is 12.1 Å². The zero-order chi connectivity index (χ0) is 10.1. The fourth-order valence-corrected chi connectivity index (χ4v) is 1.82. The van der Waals surface area contributed by atoms with Crippen LogP contribution in [0.25, 0.3) is 11.0 Å². The lowest BCUT2D eigenvalue weighted by Crippen LogP contribution is -2.09. The Labute approximate surface area is 87.3 Å². The molecule has 74 valence electrons. The van der Waals surface area contributed by atoms with Crippen molar-refractivity contribution in [1.82, 2.24) is 9.97 Å². The first-order chi connectivity index (χ1) is 6.72. The van der Waals surface area contributed by atoms with Crippen molar-refractivity contribution in [2.45, 2.75) is 12.8 Å². The Balaban J connectivity index is 2.58. The second-order valence-electron chi connectivity index (χ2n) is 3.43. The Morgan fingerprint density at radius 1 is 1.57 bits per heavy atom. The average molecular weight is 210 g/mol. The molecule has 1 atom stereocenters. The first kappa shape index (κ1) is 9.49. The van der Waals surface area contributed by atoms with E-state index in [0.717, 1.165) is 21.6 Å². The summed E-state index contributed by atoms with van der Waals surface area (Å²) in [7, 11) is 0. The number of nitrogens with two attached hydrogens (primary N) is 1. The Hall–Kier alpha value is -1.06. The van der Waals surface area contributed by atoms with Crippen molar-refractivity contribution in [2.75, 3.05) is 6.54 Å². The molecule has 0 saturated carbocycles. The number of aromatic nitrogens is 2. The molecule has 2 aromatic rings. The summed E-state index contributed by atoms with van der Waals surface area (Å²) >= 11 is 6.12. The molecule has 14 heavy (non-hydrogen) atoms. The molecule has 0 saturated heterocycles. The highest BCUT2D eigenvalue weighted by atomic mass is 35.5. The lowest BCUT2D eigenvalue weighted by molar-refractivity contribution is 0.775. The molecule has 1 aromatic carbocycles. The summed E-state index contributed by atoms with van der Waals surface area (Å²) in [5.74, 6) is 0.273. The summed E-state index contributed by atoms with van der Waals surface area (Å²) in [5, 5.41) is 0.738. The minimum absolute atomic E-state index is 0.273. The predicted molar refractivity (Wildman–Crippen MR) is 58.6 cm³/mol. The van der Waals surface area contributed by atoms with Gasteiger partial charge in [-0.15, -0.1) is 0 Å². The number of rotatable bonds is 2. The van der Waals surface area contributed by atoms with Crippen LogP contribution in [0.15, 0.2) is 18.5 Å². The molecule has 0 bridgehead atoms. The van der Waals surface area contributed by atoms with E-state index in [0.29, 0.717) is 6.54 Å². The largest absolute Gasteiger partial charge is 0.345 e. The maximum Gasteiger partial charge on any atom is 0.0931 e. The minimum atomic E-state index is 0.273. The fourth-order valence-electron chi connectivity index (χ4n) is 1.48. The number of benzene rings is 1. The third kappa shape index (κ3) is 1.49. The van der Waals surface area contributed by atoms with Crippen LogP contribution in [0.3, 0.4) is 0 Å². The van der Waals surface area contributed by atoms with E-state index in [1.54, 1.807) is 6.33 Å². The summed E-state index contributed by atoms with van der Waals surface area (Å²) in [4.78, 5) is 7.19. The van der Waals surface area contributed by atoms with Crippen molar-refractivity contribution < 1.29 is 0 Å². The number of H-pyrrole nitrogens is 1. The molecule has 2 rings (SSSR count). The lowest BCUT2D eigenvalue weighted by Gasteiger charge is -2.10. The highest BCUT2D eigenvalue weighted by molar-refractivity contribution is 6.32. The highest BCUT2D eigenvalue weighted by Crippen LogP contribution is 2.27. The van der Waals surface area contributed by atoms with Gasteiger partial charge in [0.25, 0.3) is 0 Å². The van der Waals surface area contributed by atoms with Crippen molar-refractivity contribution in [1.29, 1.82) is 0 Å². The smallest absolute Gasteiger partial charge is 0.0931 e. The van der Waals surface area contributed by atoms with Gasteiger partial charge in [-0.05, 0) is 30.2 Å². The van der Waals surface area contributed by atoms with Gasteiger partial charge in [-0.3, -0.25) is 0 Å². The number of nitrogens with one attached hydrogen (secondary N) is 1. The Bertz CT molecular complexity index is 450. The number of aromatic amines is 1. The SMILES string of the molecule is CC(CN)c1cc2[nH]cnc2cc1Cl. The number of hydrogen-bond acceptors (Lipinski definition) is 2. The number of halogens is 1. The second kappa shape index (κ2) is 3.59. The van der Waals surface area contributed by atoms with Gasteiger partial charge in [-0.1, -0.05) is 18.5 Å². The van der Waals surface area contributed by atoms with Crippen molar-refractivity contribution in [2.24, 2.45) is 5.73 Å². The van der Waals surface area contributed by atoms with Crippen LogP contribution in [-0.4, -0.2) is 16.5 Å². The van der Waals surface area contributed by atoms with Gasteiger partial charge in [0, 0.05) is 5.02 Å². The summed E-state index contributed by atoms with van der Waals surface area (Å²) < 4.78 is 0. The molecule has 0 spiro atoms. The monoisotopic (exact) mass is 209 g/mol. The van der Waals surface area contributed by atoms with Crippen LogP contribution in [0, 0.1) is 0 Å². The van der Waals surface area contributed by atoms with Crippen LogP contribution >= 0.6 is 11.6 Å². The Morgan fingerprint density at radius 3 is 3.07 bits per heavy atom. The van der Waals surface area contributed by atoms with Crippen LogP contribution in [-0.2, 0) is 0 Å². The second-order valence-corrected chi connectivity index (χ2v) is 3.84. The van der Waals surface area contributed by atoms with E-state index in [9.17, 15) is 0 Å². The molecular formula is C10H12ClN3. The van der Waals surface area contributed by atoms with E-state index >= 15 is 0 Å². The maximum absolute atomic E-state index is 6.12. The van der Waals surface area contributed by atoms with E-state index in [4.69, 9.17) is 17.3 Å². The van der Waals surface area contributed by atoms with Gasteiger partial charge in [0.1, 0.15) is 0 Å². The molecule has 0 fully saturated rings. The molecule has 0 aliphatic rings. The van der Waals surface area contributed by atoms with Crippen molar-refractivity contribution in [3.8, 4) is 0 Å². The fraction of sp³-hybridized carbons (Fsp3) is 0.300. The first-order valence-electron chi connectivity index (χ1n) is 4.55. The normalized spacial score (nSPS) is 13.4. The van der Waals surface area contributed by atoms with E-state index in [2.05, 4.69) is 16.9 Å². The Morgan fingerprint density at radius 2 is 2.36 bits per heavy atom. The topological polar surface area (TPSA) is 54.7 Å². The van der Waals surface area contributed by atoms with Gasteiger partial charge in [0.2, 0.25) is 0 Å². The van der Waals surface area contributed by atoms with Gasteiger partial charge in [0.15, 0.2) is 0 Å². The summed E-state index contributed by atoms with van der Waals surface area (Å²) in [6.45, 7) is 2.66. The van der Waals surface area contributed by atoms with E-state index in [-0.39, 0.29) is 5.92 Å². The molecule has 0 amide bonds. The minimum Gasteiger partial charge on any atom is -0.345 e. The third-order valence-electron chi connectivity index (χ3n) is 2.42. The molecule has 1 aromatic heterocycles. The standard InChI is InChI=1S/C10H12ClN3/c1-6(4-12)7-2-9-10(3-8(7)11)14-5-13-9/h2-3,5-6H,4,12H2,1H3,(H,13,14). The molecule has 0 aliphatic carbocycles. The number of hydrogen-bond donors (Lipinski definition) is 2. The maximum atomic E-state index is 6.12. The van der Waals surface area contributed by atoms with Crippen LogP contribution in [0.4, 0.5) is 0 Å². The summed E-state index contributed by atoms with van der Waals surface area (Å²) in [6.07, 6.45) is 1.66. The van der Waals surface area contributed by atoms with Gasteiger partial charge in [-0.25, -0.2) is 4.98 Å². The van der Waals surface area contributed by atoms with Crippen LogP contribution in [0.2, 0.25) is 5.02 Å². The van der Waals surface area contributed by atoms with E-state index < -0.39 is 0 Å². The summed E-state index contributed by atoms with van der Waals surface area (Å²) in [6, 6.07) is 3.89. The van der Waals surface area contributed by atoms with Gasteiger partial charge < -0.3 is 10.7 Å². The quantitative estimate of drug-likeness (QED) is 0.798. The average Bonchev–Trinajstić information content (AvgIpc) is 2.62. The van der Waals surface area contributed by atoms with Crippen LogP contribution < -0.4 is 5.73 Å². The summed E-state index contributed by atoms with van der Waals surface area (Å²) in [5.41, 5.74) is 8.58. The highest BCUT2D eigenvalue weighted by Gasteiger charge is 2.10. The molecular weight excluding hydrogens is 198 g/mol. The van der Waals surface area contributed by atoms with Crippen molar-refractivity contribution in [3.05, 3.63) is 29.0 Å². The molecule has 3 N–H and O–H groups in total. The zero-order valence-electron chi connectivity index (χ0n) is 7.92. The lowest BCUT2D eigenvalue weighted by atomic mass is 10.0. The van der Waals surface area contributed by atoms with Gasteiger partial charge in [0.05, 0.1) is 17.4 Å². The zero-order valence-corrected chi connectivity index (χ0v) is 8.67. The predicted octanol–water partition coefficient (Wildman–Crippen LogP) is 2.28. The van der Waals surface area contributed by atoms with Crippen LogP contribution in [0.5, 0.6) is 0 Å². The molecule has 3 nitrogen and oxygen atoms in total. The van der Waals surface area contributed by atoms with Crippen molar-refractivity contribution in [3.63, 3.8) is 0 Å². The number of imidazole rings is 1.